The van der Waals surface area contributed by atoms with E-state index in [0.29, 0.717) is 22.2 Å². The summed E-state index contributed by atoms with van der Waals surface area (Å²) >= 11 is 12.1. The Morgan fingerprint density at radius 1 is 1.10 bits per heavy atom. The number of hydrogen-bond acceptors (Lipinski definition) is 1. The highest BCUT2D eigenvalue weighted by atomic mass is 35.5. The Bertz CT molecular complexity index is 632. The van der Waals surface area contributed by atoms with E-state index in [0.717, 1.165) is 18.1 Å². The van der Waals surface area contributed by atoms with Crippen LogP contribution in [-0.2, 0) is 6.54 Å². The van der Waals surface area contributed by atoms with Gasteiger partial charge >= 0.3 is 0 Å². The maximum atomic E-state index is 13.6. The molecule has 0 aliphatic heterocycles. The number of rotatable bonds is 5. The summed E-state index contributed by atoms with van der Waals surface area (Å²) in [4.78, 5) is 0. The van der Waals surface area contributed by atoms with Crippen LogP contribution < -0.4 is 5.32 Å². The van der Waals surface area contributed by atoms with Crippen molar-refractivity contribution in [2.45, 2.75) is 25.9 Å². The molecule has 0 aromatic heterocycles. The zero-order valence-corrected chi connectivity index (χ0v) is 13.0. The third-order valence-electron chi connectivity index (χ3n) is 3.30. The minimum Gasteiger partial charge on any atom is -0.306 e. The smallest absolute Gasteiger partial charge is 0.130 e. The molecule has 2 aromatic carbocycles. The predicted octanol–water partition coefficient (Wildman–Crippen LogP) is 5.51. The molecule has 0 spiro atoms. The van der Waals surface area contributed by atoms with Crippen LogP contribution >= 0.6 is 23.2 Å². The fourth-order valence-corrected chi connectivity index (χ4v) is 2.70. The van der Waals surface area contributed by atoms with Gasteiger partial charge in [-0.25, -0.2) is 8.78 Å². The molecule has 112 valence electrons. The lowest BCUT2D eigenvalue weighted by Crippen LogP contribution is -2.21. The van der Waals surface area contributed by atoms with Crippen LogP contribution in [-0.4, -0.2) is 0 Å². The first-order chi connectivity index (χ1) is 10.0. The van der Waals surface area contributed by atoms with E-state index >= 15 is 0 Å². The maximum absolute atomic E-state index is 13.6. The highest BCUT2D eigenvalue weighted by Gasteiger charge is 2.14. The van der Waals surface area contributed by atoms with E-state index in [1.807, 2.05) is 13.0 Å². The third kappa shape index (κ3) is 4.16. The van der Waals surface area contributed by atoms with Crippen molar-refractivity contribution in [1.29, 1.82) is 0 Å². The normalized spacial score (nSPS) is 12.4. The van der Waals surface area contributed by atoms with Crippen LogP contribution in [0.15, 0.2) is 36.4 Å². The number of nitrogens with one attached hydrogen (secondary N) is 1. The van der Waals surface area contributed by atoms with Gasteiger partial charge in [0.05, 0.1) is 0 Å². The first-order valence-corrected chi connectivity index (χ1v) is 7.39. The fourth-order valence-electron chi connectivity index (χ4n) is 2.16. The summed E-state index contributed by atoms with van der Waals surface area (Å²) in [7, 11) is 0. The van der Waals surface area contributed by atoms with Gasteiger partial charge in [0.2, 0.25) is 0 Å². The maximum Gasteiger partial charge on any atom is 0.130 e. The van der Waals surface area contributed by atoms with Gasteiger partial charge in [-0.15, -0.1) is 0 Å². The van der Waals surface area contributed by atoms with Gasteiger partial charge in [-0.3, -0.25) is 0 Å². The van der Waals surface area contributed by atoms with Crippen LogP contribution in [0.4, 0.5) is 8.78 Å². The van der Waals surface area contributed by atoms with E-state index in [-0.39, 0.29) is 6.04 Å². The lowest BCUT2D eigenvalue weighted by molar-refractivity contribution is 0.500. The molecule has 5 heteroatoms. The van der Waals surface area contributed by atoms with Crippen LogP contribution in [0.5, 0.6) is 0 Å². The molecule has 0 fully saturated rings. The van der Waals surface area contributed by atoms with Crippen LogP contribution in [0, 0.1) is 11.6 Å². The van der Waals surface area contributed by atoms with Gasteiger partial charge in [-0.2, -0.15) is 0 Å². The first-order valence-electron chi connectivity index (χ1n) is 6.63. The van der Waals surface area contributed by atoms with Crippen molar-refractivity contribution in [3.8, 4) is 0 Å². The van der Waals surface area contributed by atoms with Crippen LogP contribution in [0.2, 0.25) is 10.0 Å². The minimum absolute atomic E-state index is 0.0285. The molecule has 0 bridgehead atoms. The Morgan fingerprint density at radius 3 is 2.48 bits per heavy atom. The summed E-state index contributed by atoms with van der Waals surface area (Å²) in [5, 5.41) is 4.38. The summed E-state index contributed by atoms with van der Waals surface area (Å²) in [5.74, 6) is -1.14. The summed E-state index contributed by atoms with van der Waals surface area (Å²) in [6.07, 6.45) is 0.782. The van der Waals surface area contributed by atoms with Crippen molar-refractivity contribution < 1.29 is 8.78 Å². The monoisotopic (exact) mass is 329 g/mol. The van der Waals surface area contributed by atoms with E-state index in [2.05, 4.69) is 5.32 Å². The molecule has 1 atom stereocenters. The number of hydrogen-bond donors (Lipinski definition) is 1. The Balaban J connectivity index is 2.12. The van der Waals surface area contributed by atoms with Crippen molar-refractivity contribution in [3.63, 3.8) is 0 Å². The average Bonchev–Trinajstić information content (AvgIpc) is 2.43. The summed E-state index contributed by atoms with van der Waals surface area (Å²) in [6.45, 7) is 2.30. The molecule has 0 aliphatic rings. The molecule has 2 rings (SSSR count). The van der Waals surface area contributed by atoms with Gasteiger partial charge in [-0.1, -0.05) is 42.3 Å². The SMILES string of the molecule is CCC(NCc1ccc(F)cc1F)c1ccc(Cl)cc1Cl. The number of halogens is 4. The quantitative estimate of drug-likeness (QED) is 0.762. The van der Waals surface area contributed by atoms with Crippen molar-refractivity contribution in [2.75, 3.05) is 0 Å². The van der Waals surface area contributed by atoms with Crippen LogP contribution in [0.25, 0.3) is 0 Å². The van der Waals surface area contributed by atoms with Gasteiger partial charge in [0.1, 0.15) is 11.6 Å². The van der Waals surface area contributed by atoms with E-state index in [9.17, 15) is 8.78 Å². The second kappa shape index (κ2) is 7.21. The van der Waals surface area contributed by atoms with Crippen LogP contribution in [0.1, 0.15) is 30.5 Å². The Morgan fingerprint density at radius 2 is 1.86 bits per heavy atom. The zero-order chi connectivity index (χ0) is 15.4. The van der Waals surface area contributed by atoms with E-state index in [4.69, 9.17) is 23.2 Å². The van der Waals surface area contributed by atoms with Crippen molar-refractivity contribution in [3.05, 3.63) is 69.2 Å². The molecule has 0 saturated heterocycles. The highest BCUT2D eigenvalue weighted by molar-refractivity contribution is 6.35. The molecular formula is C16H15Cl2F2N. The molecule has 0 saturated carbocycles. The molecule has 0 radical (unpaired) electrons. The minimum atomic E-state index is -0.580. The lowest BCUT2D eigenvalue weighted by atomic mass is 10.0. The molecule has 21 heavy (non-hydrogen) atoms. The van der Waals surface area contributed by atoms with E-state index in [1.54, 1.807) is 12.1 Å². The Hall–Kier alpha value is -1.16. The molecule has 1 nitrogen and oxygen atoms in total. The molecule has 0 heterocycles. The lowest BCUT2D eigenvalue weighted by Gasteiger charge is -2.19. The van der Waals surface area contributed by atoms with Crippen molar-refractivity contribution in [1.82, 2.24) is 5.32 Å². The Kier molecular flexibility index (Phi) is 5.57. The summed E-state index contributed by atoms with van der Waals surface area (Å²) in [5.41, 5.74) is 1.33. The van der Waals surface area contributed by atoms with Crippen molar-refractivity contribution in [2.24, 2.45) is 0 Å². The van der Waals surface area contributed by atoms with Gasteiger partial charge < -0.3 is 5.32 Å². The Labute approximate surface area is 132 Å². The molecule has 0 aliphatic carbocycles. The predicted molar refractivity (Wildman–Crippen MR) is 82.7 cm³/mol. The molecule has 0 amide bonds. The van der Waals surface area contributed by atoms with Gasteiger partial charge in [0, 0.05) is 34.3 Å². The van der Waals surface area contributed by atoms with E-state index < -0.39 is 11.6 Å². The summed E-state index contributed by atoms with van der Waals surface area (Å²) in [6, 6.07) is 8.84. The highest BCUT2D eigenvalue weighted by Crippen LogP contribution is 2.28. The molecule has 1 N–H and O–H groups in total. The standard InChI is InChI=1S/C16H15Cl2F2N/c1-2-16(13-6-4-11(17)7-14(13)18)21-9-10-3-5-12(19)8-15(10)20/h3-8,16,21H,2,9H2,1H3. The average molecular weight is 330 g/mol. The molecular weight excluding hydrogens is 315 g/mol. The van der Waals surface area contributed by atoms with Crippen LogP contribution in [0.3, 0.4) is 0 Å². The van der Waals surface area contributed by atoms with Gasteiger partial charge in [0.25, 0.3) is 0 Å². The number of benzene rings is 2. The summed E-state index contributed by atoms with van der Waals surface area (Å²) < 4.78 is 26.5. The molecule has 2 aromatic rings. The van der Waals surface area contributed by atoms with E-state index in [1.165, 1.54) is 12.1 Å². The van der Waals surface area contributed by atoms with Gasteiger partial charge in [-0.05, 0) is 30.2 Å². The largest absolute Gasteiger partial charge is 0.306 e. The second-order valence-corrected chi connectivity index (χ2v) is 5.59. The van der Waals surface area contributed by atoms with Crippen molar-refractivity contribution >= 4 is 23.2 Å². The third-order valence-corrected chi connectivity index (χ3v) is 3.86. The zero-order valence-electron chi connectivity index (χ0n) is 11.5. The second-order valence-electron chi connectivity index (χ2n) is 4.74. The first kappa shape index (κ1) is 16.2. The topological polar surface area (TPSA) is 12.0 Å². The van der Waals surface area contributed by atoms with Gasteiger partial charge in [0.15, 0.2) is 0 Å². The molecule has 1 unspecified atom stereocenters. The fraction of sp³-hybridized carbons (Fsp3) is 0.250.